The Morgan fingerprint density at radius 1 is 1.32 bits per heavy atom. The van der Waals surface area contributed by atoms with Gasteiger partial charge in [-0.25, -0.2) is 0 Å². The Balaban J connectivity index is 2.22. The molecule has 2 rings (SSSR count). The third-order valence-corrected chi connectivity index (χ3v) is 4.51. The van der Waals surface area contributed by atoms with Gasteiger partial charge in [0.25, 0.3) is 0 Å². The molecule has 0 bridgehead atoms. The first-order valence-corrected chi connectivity index (χ1v) is 7.98. The number of rotatable bonds is 4. The van der Waals surface area contributed by atoms with Gasteiger partial charge in [0.1, 0.15) is 0 Å². The van der Waals surface area contributed by atoms with E-state index >= 15 is 0 Å². The number of hydrogen-bond acceptors (Lipinski definition) is 1. The van der Waals surface area contributed by atoms with Crippen LogP contribution in [-0.4, -0.2) is 6.54 Å². The van der Waals surface area contributed by atoms with Crippen LogP contribution in [0.15, 0.2) is 18.2 Å². The minimum Gasteiger partial charge on any atom is -0.310 e. The molecule has 3 unspecified atom stereocenters. The fraction of sp³-hybridized carbons (Fsp3) is 0.647. The van der Waals surface area contributed by atoms with E-state index < -0.39 is 0 Å². The van der Waals surface area contributed by atoms with Gasteiger partial charge in [0.2, 0.25) is 0 Å². The van der Waals surface area contributed by atoms with Crippen molar-refractivity contribution in [2.45, 2.75) is 52.5 Å². The normalized spacial score (nSPS) is 25.3. The zero-order valence-electron chi connectivity index (χ0n) is 12.4. The maximum atomic E-state index is 6.23. The number of halogens is 1. The van der Waals surface area contributed by atoms with Crippen molar-refractivity contribution in [3.63, 3.8) is 0 Å². The lowest BCUT2D eigenvalue weighted by Gasteiger charge is -2.34. The molecule has 1 aliphatic rings. The predicted molar refractivity (Wildman–Crippen MR) is 83.7 cm³/mol. The number of hydrogen-bond donors (Lipinski definition) is 1. The smallest absolute Gasteiger partial charge is 0.0411 e. The summed E-state index contributed by atoms with van der Waals surface area (Å²) in [5.41, 5.74) is 2.63. The summed E-state index contributed by atoms with van der Waals surface area (Å²) in [6.07, 6.45) is 5.44. The van der Waals surface area contributed by atoms with Gasteiger partial charge in [-0.2, -0.15) is 0 Å². The van der Waals surface area contributed by atoms with Gasteiger partial charge >= 0.3 is 0 Å². The van der Waals surface area contributed by atoms with Gasteiger partial charge in [-0.3, -0.25) is 0 Å². The highest BCUT2D eigenvalue weighted by Crippen LogP contribution is 2.37. The van der Waals surface area contributed by atoms with Gasteiger partial charge < -0.3 is 5.32 Å². The Morgan fingerprint density at radius 3 is 2.74 bits per heavy atom. The molecule has 1 aromatic rings. The molecule has 19 heavy (non-hydrogen) atoms. The molecule has 1 saturated carbocycles. The quantitative estimate of drug-likeness (QED) is 0.806. The Bertz CT molecular complexity index is 395. The number of nitrogens with one attached hydrogen (secondary N) is 1. The van der Waals surface area contributed by atoms with E-state index in [1.807, 2.05) is 6.07 Å². The van der Waals surface area contributed by atoms with E-state index in [0.717, 1.165) is 23.4 Å². The third kappa shape index (κ3) is 3.97. The lowest BCUT2D eigenvalue weighted by atomic mass is 9.76. The molecule has 1 fully saturated rings. The molecule has 0 spiro atoms. The second-order valence-corrected chi connectivity index (χ2v) is 6.57. The minimum atomic E-state index is 0.463. The average molecular weight is 280 g/mol. The van der Waals surface area contributed by atoms with Crippen molar-refractivity contribution in [3.8, 4) is 0 Å². The van der Waals surface area contributed by atoms with Gasteiger partial charge in [0.15, 0.2) is 0 Å². The predicted octanol–water partition coefficient (Wildman–Crippen LogP) is 5.13. The van der Waals surface area contributed by atoms with E-state index in [-0.39, 0.29) is 0 Å². The lowest BCUT2D eigenvalue weighted by Crippen LogP contribution is -2.31. The van der Waals surface area contributed by atoms with Crippen LogP contribution in [0.1, 0.15) is 56.7 Å². The SMILES string of the molecule is CCNC(c1cc(C)cc(Cl)c1)C1CCCC(C)C1. The van der Waals surface area contributed by atoms with Crippen molar-refractivity contribution < 1.29 is 0 Å². The van der Waals surface area contributed by atoms with Crippen LogP contribution >= 0.6 is 11.6 Å². The molecule has 1 aliphatic carbocycles. The van der Waals surface area contributed by atoms with Gasteiger partial charge in [0.05, 0.1) is 0 Å². The van der Waals surface area contributed by atoms with Crippen LogP contribution in [0, 0.1) is 18.8 Å². The van der Waals surface area contributed by atoms with Gasteiger partial charge in [0, 0.05) is 11.1 Å². The summed E-state index contributed by atoms with van der Waals surface area (Å²) < 4.78 is 0. The molecule has 106 valence electrons. The summed E-state index contributed by atoms with van der Waals surface area (Å²) >= 11 is 6.23. The summed E-state index contributed by atoms with van der Waals surface area (Å²) in [5.74, 6) is 1.61. The van der Waals surface area contributed by atoms with Crippen molar-refractivity contribution in [1.29, 1.82) is 0 Å². The van der Waals surface area contributed by atoms with E-state index in [1.54, 1.807) is 0 Å². The third-order valence-electron chi connectivity index (χ3n) is 4.30. The summed E-state index contributed by atoms with van der Waals surface area (Å²) in [6.45, 7) is 7.72. The fourth-order valence-electron chi connectivity index (χ4n) is 3.50. The van der Waals surface area contributed by atoms with Crippen LogP contribution in [0.3, 0.4) is 0 Å². The van der Waals surface area contributed by atoms with Crippen LogP contribution in [-0.2, 0) is 0 Å². The molecule has 0 radical (unpaired) electrons. The molecule has 2 heteroatoms. The Morgan fingerprint density at radius 2 is 2.11 bits per heavy atom. The van der Waals surface area contributed by atoms with Gasteiger partial charge in [-0.1, -0.05) is 44.4 Å². The first kappa shape index (κ1) is 14.9. The largest absolute Gasteiger partial charge is 0.310 e. The Hall–Kier alpha value is -0.530. The highest BCUT2D eigenvalue weighted by atomic mass is 35.5. The Labute approximate surface area is 122 Å². The molecule has 1 N–H and O–H groups in total. The molecule has 1 nitrogen and oxygen atoms in total. The zero-order valence-corrected chi connectivity index (χ0v) is 13.1. The number of aryl methyl sites for hydroxylation is 1. The topological polar surface area (TPSA) is 12.0 Å². The van der Waals surface area contributed by atoms with Crippen LogP contribution in [0.2, 0.25) is 5.02 Å². The molecule has 3 atom stereocenters. The lowest BCUT2D eigenvalue weighted by molar-refractivity contribution is 0.225. The van der Waals surface area contributed by atoms with Crippen LogP contribution in [0.4, 0.5) is 0 Å². The molecule has 0 amide bonds. The van der Waals surface area contributed by atoms with E-state index in [4.69, 9.17) is 11.6 Å². The molecular formula is C17H26ClN. The summed E-state index contributed by atoms with van der Waals surface area (Å²) in [4.78, 5) is 0. The molecule has 0 aromatic heterocycles. The summed E-state index contributed by atoms with van der Waals surface area (Å²) in [5, 5.41) is 4.55. The van der Waals surface area contributed by atoms with Crippen molar-refractivity contribution in [2.24, 2.45) is 11.8 Å². The van der Waals surface area contributed by atoms with Crippen LogP contribution in [0.25, 0.3) is 0 Å². The second-order valence-electron chi connectivity index (χ2n) is 6.13. The van der Waals surface area contributed by atoms with Crippen LogP contribution in [0.5, 0.6) is 0 Å². The molecule has 1 aromatic carbocycles. The zero-order chi connectivity index (χ0) is 13.8. The van der Waals surface area contributed by atoms with E-state index in [9.17, 15) is 0 Å². The highest BCUT2D eigenvalue weighted by molar-refractivity contribution is 6.30. The summed E-state index contributed by atoms with van der Waals surface area (Å²) in [6, 6.07) is 6.93. The standard InChI is InChI=1S/C17H26ClN/c1-4-19-17(14-7-5-6-12(2)8-14)15-9-13(3)10-16(18)11-15/h9-12,14,17,19H,4-8H2,1-3H3. The van der Waals surface area contributed by atoms with Crippen LogP contribution < -0.4 is 5.32 Å². The maximum Gasteiger partial charge on any atom is 0.0411 e. The molecule has 0 aliphatic heterocycles. The minimum absolute atomic E-state index is 0.463. The van der Waals surface area contributed by atoms with Crippen molar-refractivity contribution in [3.05, 3.63) is 34.3 Å². The van der Waals surface area contributed by atoms with E-state index in [1.165, 1.54) is 36.8 Å². The summed E-state index contributed by atoms with van der Waals surface area (Å²) in [7, 11) is 0. The molecule has 0 saturated heterocycles. The average Bonchev–Trinajstić information content (AvgIpc) is 2.34. The molecule has 0 heterocycles. The maximum absolute atomic E-state index is 6.23. The van der Waals surface area contributed by atoms with Gasteiger partial charge in [-0.15, -0.1) is 0 Å². The van der Waals surface area contributed by atoms with E-state index in [0.29, 0.717) is 6.04 Å². The first-order valence-electron chi connectivity index (χ1n) is 7.60. The first-order chi connectivity index (χ1) is 9.10. The van der Waals surface area contributed by atoms with Crippen molar-refractivity contribution in [2.75, 3.05) is 6.54 Å². The van der Waals surface area contributed by atoms with E-state index in [2.05, 4.69) is 38.2 Å². The Kier molecular flexibility index (Phi) is 5.29. The fourth-order valence-corrected chi connectivity index (χ4v) is 3.80. The highest BCUT2D eigenvalue weighted by Gasteiger charge is 2.27. The van der Waals surface area contributed by atoms with Crippen molar-refractivity contribution >= 4 is 11.6 Å². The number of benzene rings is 1. The monoisotopic (exact) mass is 279 g/mol. The molecular weight excluding hydrogens is 254 g/mol. The van der Waals surface area contributed by atoms with Gasteiger partial charge in [-0.05, 0) is 61.4 Å². The van der Waals surface area contributed by atoms with Crippen molar-refractivity contribution in [1.82, 2.24) is 5.32 Å². The second kappa shape index (κ2) is 6.76.